The molecule has 0 heterocycles. The number of carboxylic acids is 1. The van der Waals surface area contributed by atoms with E-state index in [9.17, 15) is 9.59 Å². The van der Waals surface area contributed by atoms with Gasteiger partial charge in [0.25, 0.3) is 0 Å². The molecule has 0 amide bonds. The summed E-state index contributed by atoms with van der Waals surface area (Å²) in [6, 6.07) is 14.6. The van der Waals surface area contributed by atoms with Gasteiger partial charge in [-0.3, -0.25) is 4.79 Å². The average Bonchev–Trinajstić information content (AvgIpc) is 2.53. The first-order chi connectivity index (χ1) is 10.1. The molecule has 106 valence electrons. The molecule has 0 fully saturated rings. The molecule has 3 N–H and O–H groups in total. The predicted molar refractivity (Wildman–Crippen MR) is 80.8 cm³/mol. The smallest absolute Gasteiger partial charge is 0.335 e. The van der Waals surface area contributed by atoms with Gasteiger partial charge in [-0.2, -0.15) is 0 Å². The fourth-order valence-electron chi connectivity index (χ4n) is 1.84. The SMILES string of the molecule is NC(C(=O)/C=C/c1ccccc1)c1ccc(C(=O)O)cc1. The molecule has 0 radical (unpaired) electrons. The molecule has 2 aromatic carbocycles. The zero-order valence-corrected chi connectivity index (χ0v) is 11.3. The van der Waals surface area contributed by atoms with E-state index in [0.717, 1.165) is 5.56 Å². The second-order valence-corrected chi connectivity index (χ2v) is 4.55. The number of hydrogen-bond acceptors (Lipinski definition) is 3. The standard InChI is InChI=1S/C17H15NO3/c18-16(13-7-9-14(10-8-13)17(20)21)15(19)11-6-12-4-2-1-3-5-12/h1-11,16H,18H2,(H,20,21)/b11-6+. The van der Waals surface area contributed by atoms with Crippen molar-refractivity contribution in [3.05, 3.63) is 77.4 Å². The molecular weight excluding hydrogens is 266 g/mol. The van der Waals surface area contributed by atoms with Gasteiger partial charge in [-0.15, -0.1) is 0 Å². The van der Waals surface area contributed by atoms with Crippen molar-refractivity contribution in [2.75, 3.05) is 0 Å². The molecule has 2 rings (SSSR count). The summed E-state index contributed by atoms with van der Waals surface area (Å²) in [5.41, 5.74) is 7.55. The fraction of sp³-hybridized carbons (Fsp3) is 0.0588. The molecule has 0 aliphatic carbocycles. The molecule has 4 heteroatoms. The van der Waals surface area contributed by atoms with Crippen molar-refractivity contribution in [2.45, 2.75) is 6.04 Å². The van der Waals surface area contributed by atoms with E-state index < -0.39 is 12.0 Å². The van der Waals surface area contributed by atoms with Gasteiger partial charge in [-0.1, -0.05) is 48.5 Å². The Kier molecular flexibility index (Phi) is 4.64. The molecule has 0 aliphatic heterocycles. The molecule has 0 aromatic heterocycles. The topological polar surface area (TPSA) is 80.4 Å². The number of ketones is 1. The molecule has 2 aromatic rings. The van der Waals surface area contributed by atoms with Crippen LogP contribution in [0, 0.1) is 0 Å². The lowest BCUT2D eigenvalue weighted by Gasteiger charge is -2.08. The maximum absolute atomic E-state index is 12.0. The Morgan fingerprint density at radius 2 is 1.62 bits per heavy atom. The molecule has 0 saturated carbocycles. The van der Waals surface area contributed by atoms with Crippen molar-refractivity contribution < 1.29 is 14.7 Å². The van der Waals surface area contributed by atoms with Gasteiger partial charge in [0.1, 0.15) is 0 Å². The quantitative estimate of drug-likeness (QED) is 0.826. The Labute approximate surface area is 122 Å². The summed E-state index contributed by atoms with van der Waals surface area (Å²) in [5, 5.41) is 8.82. The summed E-state index contributed by atoms with van der Waals surface area (Å²) < 4.78 is 0. The lowest BCUT2D eigenvalue weighted by molar-refractivity contribution is -0.115. The van der Waals surface area contributed by atoms with E-state index in [2.05, 4.69) is 0 Å². The van der Waals surface area contributed by atoms with Crippen LogP contribution in [-0.2, 0) is 4.79 Å². The van der Waals surface area contributed by atoms with Crippen molar-refractivity contribution in [3.8, 4) is 0 Å². The first-order valence-corrected chi connectivity index (χ1v) is 6.44. The summed E-state index contributed by atoms with van der Waals surface area (Å²) >= 11 is 0. The van der Waals surface area contributed by atoms with Gasteiger partial charge in [0.2, 0.25) is 0 Å². The molecule has 1 atom stereocenters. The zero-order valence-electron chi connectivity index (χ0n) is 11.3. The van der Waals surface area contributed by atoms with Gasteiger partial charge in [-0.25, -0.2) is 4.79 Å². The number of hydrogen-bond donors (Lipinski definition) is 2. The molecule has 0 spiro atoms. The van der Waals surface area contributed by atoms with Crippen LogP contribution in [0.15, 0.2) is 60.7 Å². The molecule has 0 saturated heterocycles. The van der Waals surface area contributed by atoms with Crippen LogP contribution >= 0.6 is 0 Å². The molecule has 21 heavy (non-hydrogen) atoms. The van der Waals surface area contributed by atoms with Crippen molar-refractivity contribution >= 4 is 17.8 Å². The first kappa shape index (κ1) is 14.7. The Balaban J connectivity index is 2.08. The second-order valence-electron chi connectivity index (χ2n) is 4.55. The highest BCUT2D eigenvalue weighted by Gasteiger charge is 2.13. The van der Waals surface area contributed by atoms with Gasteiger partial charge in [0.05, 0.1) is 11.6 Å². The highest BCUT2D eigenvalue weighted by Crippen LogP contribution is 2.14. The van der Waals surface area contributed by atoms with Crippen LogP contribution < -0.4 is 5.73 Å². The van der Waals surface area contributed by atoms with Crippen LogP contribution in [0.25, 0.3) is 6.08 Å². The minimum atomic E-state index is -1.01. The predicted octanol–water partition coefficient (Wildman–Crippen LogP) is 2.67. The van der Waals surface area contributed by atoms with Crippen LogP contribution in [0.5, 0.6) is 0 Å². The van der Waals surface area contributed by atoms with Gasteiger partial charge in [0, 0.05) is 0 Å². The van der Waals surface area contributed by atoms with E-state index in [4.69, 9.17) is 10.8 Å². The van der Waals surface area contributed by atoms with Gasteiger partial charge >= 0.3 is 5.97 Å². The lowest BCUT2D eigenvalue weighted by atomic mass is 10.0. The van der Waals surface area contributed by atoms with Crippen molar-refractivity contribution in [3.63, 3.8) is 0 Å². The van der Waals surface area contributed by atoms with Gasteiger partial charge in [-0.05, 0) is 29.3 Å². The number of rotatable bonds is 5. The summed E-state index contributed by atoms with van der Waals surface area (Å²) in [7, 11) is 0. The van der Waals surface area contributed by atoms with E-state index in [-0.39, 0.29) is 11.3 Å². The van der Waals surface area contributed by atoms with Crippen LogP contribution in [0.1, 0.15) is 27.5 Å². The molecule has 4 nitrogen and oxygen atoms in total. The zero-order chi connectivity index (χ0) is 15.2. The number of benzene rings is 2. The van der Waals surface area contributed by atoms with E-state index in [1.54, 1.807) is 18.2 Å². The number of carbonyl (C=O) groups is 2. The van der Waals surface area contributed by atoms with E-state index in [1.807, 2.05) is 30.3 Å². The maximum atomic E-state index is 12.0. The summed E-state index contributed by atoms with van der Waals surface area (Å²) in [5.74, 6) is -1.24. The minimum Gasteiger partial charge on any atom is -0.478 e. The third-order valence-corrected chi connectivity index (χ3v) is 3.06. The summed E-state index contributed by atoms with van der Waals surface area (Å²) in [6.07, 6.45) is 3.14. The van der Waals surface area contributed by atoms with Crippen LogP contribution in [0.2, 0.25) is 0 Å². The van der Waals surface area contributed by atoms with Crippen LogP contribution in [-0.4, -0.2) is 16.9 Å². The van der Waals surface area contributed by atoms with Crippen molar-refractivity contribution in [1.29, 1.82) is 0 Å². The number of carbonyl (C=O) groups excluding carboxylic acids is 1. The third-order valence-electron chi connectivity index (χ3n) is 3.06. The highest BCUT2D eigenvalue weighted by molar-refractivity contribution is 5.98. The summed E-state index contributed by atoms with van der Waals surface area (Å²) in [6.45, 7) is 0. The highest BCUT2D eigenvalue weighted by atomic mass is 16.4. The Bertz CT molecular complexity index is 660. The largest absolute Gasteiger partial charge is 0.478 e. The second kappa shape index (κ2) is 6.63. The summed E-state index contributed by atoms with van der Waals surface area (Å²) in [4.78, 5) is 22.8. The third kappa shape index (κ3) is 3.87. The Hall–Kier alpha value is -2.72. The number of nitrogens with two attached hydrogens (primary N) is 1. The normalized spacial score (nSPS) is 12.2. The maximum Gasteiger partial charge on any atom is 0.335 e. The molecular formula is C17H15NO3. The fourth-order valence-corrected chi connectivity index (χ4v) is 1.84. The Morgan fingerprint density at radius 3 is 2.19 bits per heavy atom. The van der Waals surface area contributed by atoms with Crippen molar-refractivity contribution in [2.24, 2.45) is 5.73 Å². The monoisotopic (exact) mass is 281 g/mol. The van der Waals surface area contributed by atoms with Crippen molar-refractivity contribution in [1.82, 2.24) is 0 Å². The minimum absolute atomic E-state index is 0.165. The molecule has 0 bridgehead atoms. The lowest BCUT2D eigenvalue weighted by Crippen LogP contribution is -2.19. The van der Waals surface area contributed by atoms with E-state index >= 15 is 0 Å². The van der Waals surface area contributed by atoms with E-state index in [0.29, 0.717) is 5.56 Å². The van der Waals surface area contributed by atoms with Crippen LogP contribution in [0.4, 0.5) is 0 Å². The van der Waals surface area contributed by atoms with E-state index in [1.165, 1.54) is 18.2 Å². The Morgan fingerprint density at radius 1 is 1.00 bits per heavy atom. The molecule has 0 aliphatic rings. The first-order valence-electron chi connectivity index (χ1n) is 6.44. The van der Waals surface area contributed by atoms with Gasteiger partial charge < -0.3 is 10.8 Å². The average molecular weight is 281 g/mol. The van der Waals surface area contributed by atoms with Crippen LogP contribution in [0.3, 0.4) is 0 Å². The number of aromatic carboxylic acids is 1. The van der Waals surface area contributed by atoms with Gasteiger partial charge in [0.15, 0.2) is 5.78 Å². The molecule has 1 unspecified atom stereocenters. The number of carboxylic acid groups (broad SMARTS) is 1.